The fourth-order valence-electron chi connectivity index (χ4n) is 4.14. The second-order valence-corrected chi connectivity index (χ2v) is 7.41. The third-order valence-corrected chi connectivity index (χ3v) is 5.75. The predicted octanol–water partition coefficient (Wildman–Crippen LogP) is 3.33. The number of piperazine rings is 1. The molecular weight excluding hydrogens is 334 g/mol. The zero-order valence-electron chi connectivity index (χ0n) is 15.7. The summed E-state index contributed by atoms with van der Waals surface area (Å²) in [6.45, 7) is 5.31. The topological polar surface area (TPSA) is 49.6 Å². The van der Waals surface area contributed by atoms with Crippen molar-refractivity contribution in [3.63, 3.8) is 0 Å². The monoisotopic (exact) mass is 361 g/mol. The maximum Gasteiger partial charge on any atom is 0.248 e. The van der Waals surface area contributed by atoms with Gasteiger partial charge in [-0.25, -0.2) is 0 Å². The second-order valence-electron chi connectivity index (χ2n) is 7.41. The highest BCUT2D eigenvalue weighted by molar-refractivity contribution is 5.93. The van der Waals surface area contributed by atoms with Gasteiger partial charge >= 0.3 is 0 Å². The number of hydrogen-bond acceptors (Lipinski definition) is 3. The van der Waals surface area contributed by atoms with Gasteiger partial charge in [0, 0.05) is 44.0 Å². The van der Waals surface area contributed by atoms with E-state index in [-0.39, 0.29) is 5.91 Å². The van der Waals surface area contributed by atoms with Gasteiger partial charge in [0.1, 0.15) is 0 Å². The number of nitrogens with two attached hydrogens (primary N) is 1. The Balaban J connectivity index is 1.30. The molecule has 1 fully saturated rings. The van der Waals surface area contributed by atoms with E-state index < -0.39 is 0 Å². The molecule has 27 heavy (non-hydrogen) atoms. The molecule has 0 radical (unpaired) electrons. The van der Waals surface area contributed by atoms with E-state index in [9.17, 15) is 4.79 Å². The molecule has 1 amide bonds. The van der Waals surface area contributed by atoms with E-state index in [4.69, 9.17) is 5.73 Å². The number of aryl methyl sites for hydroxylation is 1. The van der Waals surface area contributed by atoms with Gasteiger partial charge in [-0.15, -0.1) is 0 Å². The molecule has 140 valence electrons. The number of amides is 1. The van der Waals surface area contributed by atoms with Crippen LogP contribution < -0.4 is 10.6 Å². The van der Waals surface area contributed by atoms with Gasteiger partial charge in [-0.1, -0.05) is 30.3 Å². The van der Waals surface area contributed by atoms with Crippen molar-refractivity contribution in [1.82, 2.24) is 4.90 Å². The van der Waals surface area contributed by atoms with E-state index in [1.165, 1.54) is 35.2 Å². The third kappa shape index (κ3) is 4.06. The maximum absolute atomic E-state index is 11.2. The van der Waals surface area contributed by atoms with Crippen molar-refractivity contribution in [2.75, 3.05) is 37.6 Å². The maximum atomic E-state index is 11.2. The SMILES string of the molecule is NC(=O)c1ccc(N2CCN(CCC3=CCCc4ccccc43)CC2)cc1. The largest absolute Gasteiger partial charge is 0.369 e. The van der Waals surface area contributed by atoms with Crippen molar-refractivity contribution in [3.05, 3.63) is 71.3 Å². The summed E-state index contributed by atoms with van der Waals surface area (Å²) in [6, 6.07) is 16.5. The zero-order valence-corrected chi connectivity index (χ0v) is 15.7. The number of fused-ring (bicyclic) bond motifs is 1. The van der Waals surface area contributed by atoms with Crippen molar-refractivity contribution in [2.45, 2.75) is 19.3 Å². The molecule has 2 aromatic carbocycles. The Labute approximate surface area is 161 Å². The molecule has 4 rings (SSSR count). The van der Waals surface area contributed by atoms with Gasteiger partial charge in [-0.05, 0) is 60.2 Å². The van der Waals surface area contributed by atoms with E-state index in [0.29, 0.717) is 5.56 Å². The van der Waals surface area contributed by atoms with Crippen LogP contribution in [-0.4, -0.2) is 43.5 Å². The average Bonchev–Trinajstić information content (AvgIpc) is 2.72. The first-order valence-corrected chi connectivity index (χ1v) is 9.85. The van der Waals surface area contributed by atoms with Crippen molar-refractivity contribution in [1.29, 1.82) is 0 Å². The Hall–Kier alpha value is -2.59. The average molecular weight is 361 g/mol. The van der Waals surface area contributed by atoms with Crippen LogP contribution in [0.15, 0.2) is 54.6 Å². The lowest BCUT2D eigenvalue weighted by atomic mass is 9.89. The fourth-order valence-corrected chi connectivity index (χ4v) is 4.14. The number of primary amides is 1. The molecule has 0 spiro atoms. The minimum atomic E-state index is -0.370. The second kappa shape index (κ2) is 7.97. The lowest BCUT2D eigenvalue weighted by molar-refractivity contribution is 0.100. The first-order valence-electron chi connectivity index (χ1n) is 9.85. The lowest BCUT2D eigenvalue weighted by Gasteiger charge is -2.36. The van der Waals surface area contributed by atoms with Crippen LogP contribution >= 0.6 is 0 Å². The normalized spacial score (nSPS) is 17.3. The Morgan fingerprint density at radius 1 is 0.963 bits per heavy atom. The van der Waals surface area contributed by atoms with Gasteiger partial charge in [-0.3, -0.25) is 9.69 Å². The van der Waals surface area contributed by atoms with Crippen molar-refractivity contribution in [3.8, 4) is 0 Å². The molecule has 1 saturated heterocycles. The van der Waals surface area contributed by atoms with Gasteiger partial charge in [0.05, 0.1) is 0 Å². The highest BCUT2D eigenvalue weighted by atomic mass is 16.1. The van der Waals surface area contributed by atoms with E-state index in [2.05, 4.69) is 40.1 Å². The fraction of sp³-hybridized carbons (Fsp3) is 0.348. The van der Waals surface area contributed by atoms with Gasteiger partial charge in [0.25, 0.3) is 0 Å². The Morgan fingerprint density at radius 3 is 2.44 bits per heavy atom. The van der Waals surface area contributed by atoms with Crippen LogP contribution in [0.25, 0.3) is 5.57 Å². The van der Waals surface area contributed by atoms with Gasteiger partial charge in [0.2, 0.25) is 5.91 Å². The molecular formula is C23H27N3O. The molecule has 4 heteroatoms. The lowest BCUT2D eigenvalue weighted by Crippen LogP contribution is -2.46. The van der Waals surface area contributed by atoms with E-state index in [1.807, 2.05) is 24.3 Å². The van der Waals surface area contributed by atoms with Gasteiger partial charge in [-0.2, -0.15) is 0 Å². The van der Waals surface area contributed by atoms with Crippen LogP contribution in [0.4, 0.5) is 5.69 Å². The van der Waals surface area contributed by atoms with Gasteiger partial charge in [0.15, 0.2) is 0 Å². The summed E-state index contributed by atoms with van der Waals surface area (Å²) < 4.78 is 0. The van der Waals surface area contributed by atoms with Crippen LogP contribution in [0.5, 0.6) is 0 Å². The summed E-state index contributed by atoms with van der Waals surface area (Å²) in [5, 5.41) is 0. The van der Waals surface area contributed by atoms with E-state index in [0.717, 1.165) is 39.1 Å². The number of carbonyl (C=O) groups is 1. The summed E-state index contributed by atoms with van der Waals surface area (Å²) in [4.78, 5) is 16.2. The molecule has 0 atom stereocenters. The van der Waals surface area contributed by atoms with Crippen LogP contribution in [0.1, 0.15) is 34.3 Å². The standard InChI is InChI=1S/C23H27N3O/c24-23(27)20-8-10-21(11-9-20)26-16-14-25(15-17-26)13-12-19-6-3-5-18-4-1-2-7-22(18)19/h1-2,4,6-11H,3,5,12-17H2,(H2,24,27). The summed E-state index contributed by atoms with van der Waals surface area (Å²) >= 11 is 0. The van der Waals surface area contributed by atoms with Crippen molar-refractivity contribution in [2.24, 2.45) is 5.73 Å². The molecule has 1 aliphatic heterocycles. The summed E-state index contributed by atoms with van der Waals surface area (Å²) in [7, 11) is 0. The zero-order chi connectivity index (χ0) is 18.6. The van der Waals surface area contributed by atoms with Crippen molar-refractivity contribution >= 4 is 17.2 Å². The molecule has 2 N–H and O–H groups in total. The van der Waals surface area contributed by atoms with Crippen LogP contribution in [0.2, 0.25) is 0 Å². The molecule has 2 aliphatic rings. The van der Waals surface area contributed by atoms with Gasteiger partial charge < -0.3 is 10.6 Å². The molecule has 4 nitrogen and oxygen atoms in total. The summed E-state index contributed by atoms with van der Waals surface area (Å²) in [6.07, 6.45) is 5.90. The predicted molar refractivity (Wildman–Crippen MR) is 111 cm³/mol. The summed E-state index contributed by atoms with van der Waals surface area (Å²) in [5.41, 5.74) is 11.5. The van der Waals surface area contributed by atoms with Crippen LogP contribution in [-0.2, 0) is 6.42 Å². The van der Waals surface area contributed by atoms with Crippen LogP contribution in [0, 0.1) is 0 Å². The molecule has 1 aliphatic carbocycles. The molecule has 0 unspecified atom stereocenters. The van der Waals surface area contributed by atoms with Crippen LogP contribution in [0.3, 0.4) is 0 Å². The Kier molecular flexibility index (Phi) is 5.26. The van der Waals surface area contributed by atoms with Crippen molar-refractivity contribution < 1.29 is 4.79 Å². The summed E-state index contributed by atoms with van der Waals surface area (Å²) in [5.74, 6) is -0.370. The minimum Gasteiger partial charge on any atom is -0.369 e. The smallest absolute Gasteiger partial charge is 0.248 e. The molecule has 2 aromatic rings. The Bertz CT molecular complexity index is 833. The highest BCUT2D eigenvalue weighted by Crippen LogP contribution is 2.29. The molecule has 0 saturated carbocycles. The number of hydrogen-bond donors (Lipinski definition) is 1. The number of carbonyl (C=O) groups excluding carboxylic acids is 1. The quantitative estimate of drug-likeness (QED) is 0.889. The molecule has 0 bridgehead atoms. The third-order valence-electron chi connectivity index (χ3n) is 5.75. The number of rotatable bonds is 5. The minimum absolute atomic E-state index is 0.370. The molecule has 0 aromatic heterocycles. The number of benzene rings is 2. The first kappa shape index (κ1) is 17.8. The molecule has 1 heterocycles. The van der Waals surface area contributed by atoms with E-state index in [1.54, 1.807) is 0 Å². The number of nitrogens with zero attached hydrogens (tertiary/aromatic N) is 2. The first-order chi connectivity index (χ1) is 13.2. The number of anilines is 1. The highest BCUT2D eigenvalue weighted by Gasteiger charge is 2.19. The Morgan fingerprint density at radius 2 is 1.70 bits per heavy atom. The number of allylic oxidation sites excluding steroid dienone is 1. The van der Waals surface area contributed by atoms with E-state index >= 15 is 0 Å².